The van der Waals surface area contributed by atoms with Gasteiger partial charge in [-0.2, -0.15) is 0 Å². The molecule has 1 aliphatic rings. The Balaban J connectivity index is 2.63. The lowest BCUT2D eigenvalue weighted by Crippen LogP contribution is -2.61. The number of hydrogen-bond donors (Lipinski definition) is 0. The van der Waals surface area contributed by atoms with Crippen LogP contribution in [-0.4, -0.2) is 42.6 Å². The number of hydrogen-bond acceptors (Lipinski definition) is 4. The second kappa shape index (κ2) is 6.20. The van der Waals surface area contributed by atoms with Crippen LogP contribution in [0.2, 0.25) is 0 Å². The number of nitrogens with zero attached hydrogens (tertiary/aromatic N) is 2. The van der Waals surface area contributed by atoms with Crippen LogP contribution in [-0.2, 0) is 15.3 Å². The zero-order valence-electron chi connectivity index (χ0n) is 12.2. The first-order valence-corrected chi connectivity index (χ1v) is 6.71. The maximum atomic E-state index is 15.7. The van der Waals surface area contributed by atoms with Gasteiger partial charge in [0.2, 0.25) is 5.67 Å². The molecule has 7 heteroatoms. The van der Waals surface area contributed by atoms with Gasteiger partial charge >= 0.3 is 0 Å². The minimum atomic E-state index is -2.81. The van der Waals surface area contributed by atoms with Crippen LogP contribution in [0.1, 0.15) is 12.0 Å². The zero-order valence-corrected chi connectivity index (χ0v) is 12.2. The van der Waals surface area contributed by atoms with Crippen molar-refractivity contribution in [2.45, 2.75) is 24.1 Å². The highest BCUT2D eigenvalue weighted by Gasteiger charge is 2.70. The van der Waals surface area contributed by atoms with Crippen molar-refractivity contribution in [1.29, 1.82) is 0 Å². The molecule has 0 aliphatic carbocycles. The smallest absolute Gasteiger partial charge is 0.262 e. The Bertz CT molecular complexity index is 555. The van der Waals surface area contributed by atoms with Crippen LogP contribution in [0.3, 0.4) is 0 Å². The molecule has 3 atom stereocenters. The van der Waals surface area contributed by atoms with Crippen LogP contribution in [0.25, 0.3) is 0 Å². The average Bonchev–Trinajstić information content (AvgIpc) is 2.70. The van der Waals surface area contributed by atoms with Gasteiger partial charge in [0.15, 0.2) is 5.66 Å². The van der Waals surface area contributed by atoms with E-state index in [1.807, 2.05) is 0 Å². The third kappa shape index (κ3) is 2.25. The molecule has 0 spiro atoms. The number of rotatable bonds is 5. The highest BCUT2D eigenvalue weighted by molar-refractivity contribution is 5.52. The van der Waals surface area contributed by atoms with E-state index in [1.54, 1.807) is 6.07 Å². The number of carbonyl (C=O) groups excluding carboxylic acids is 1. The maximum absolute atomic E-state index is 15.7. The van der Waals surface area contributed by atoms with Crippen LogP contribution < -0.4 is 0 Å². The van der Waals surface area contributed by atoms with Crippen molar-refractivity contribution in [3.8, 4) is 0 Å². The number of aldehydes is 1. The van der Waals surface area contributed by atoms with Gasteiger partial charge in [0, 0.05) is 11.7 Å². The highest BCUT2D eigenvalue weighted by atomic mass is 19.2. The summed E-state index contributed by atoms with van der Waals surface area (Å²) in [5, 5.41) is -0.341. The summed E-state index contributed by atoms with van der Waals surface area (Å²) < 4.78 is 44.3. The quantitative estimate of drug-likeness (QED) is 0.475. The second-order valence-electron chi connectivity index (χ2n) is 5.17. The van der Waals surface area contributed by atoms with Crippen LogP contribution in [0.5, 0.6) is 0 Å². The van der Waals surface area contributed by atoms with E-state index in [0.29, 0.717) is 6.29 Å². The fourth-order valence-corrected chi connectivity index (χ4v) is 2.65. The van der Waals surface area contributed by atoms with Crippen molar-refractivity contribution in [3.63, 3.8) is 0 Å². The largest absolute Gasteiger partial charge is 0.303 e. The number of hydroxylamine groups is 1. The van der Waals surface area contributed by atoms with Gasteiger partial charge in [-0.25, -0.2) is 13.6 Å². The van der Waals surface area contributed by atoms with Crippen LogP contribution in [0.15, 0.2) is 42.5 Å². The lowest BCUT2D eigenvalue weighted by Gasteiger charge is -2.42. The van der Waals surface area contributed by atoms with Crippen molar-refractivity contribution in [2.24, 2.45) is 0 Å². The summed E-state index contributed by atoms with van der Waals surface area (Å²) in [6.07, 6.45) is 0.369. The maximum Gasteiger partial charge on any atom is 0.262 e. The summed E-state index contributed by atoms with van der Waals surface area (Å²) in [5.41, 5.74) is -5.05. The molecule has 0 bridgehead atoms. The molecule has 1 aliphatic heterocycles. The van der Waals surface area contributed by atoms with Crippen molar-refractivity contribution >= 4 is 6.29 Å². The third-order valence-electron chi connectivity index (χ3n) is 3.76. The molecule has 4 nitrogen and oxygen atoms in total. The molecule has 1 saturated heterocycles. The van der Waals surface area contributed by atoms with Crippen LogP contribution >= 0.6 is 0 Å². The molecule has 1 aromatic rings. The number of allylic oxidation sites excluding steroid dienone is 1. The van der Waals surface area contributed by atoms with Gasteiger partial charge in [-0.05, 0) is 25.7 Å². The second-order valence-corrected chi connectivity index (χ2v) is 5.17. The molecule has 0 radical (unpaired) electrons. The monoisotopic (exact) mass is 314 g/mol. The number of carbonyl (C=O) groups is 1. The Hall–Kier alpha value is -1.70. The first kappa shape index (κ1) is 16.7. The Morgan fingerprint density at radius 2 is 2.00 bits per heavy atom. The Morgan fingerprint density at radius 1 is 1.36 bits per heavy atom. The minimum Gasteiger partial charge on any atom is -0.303 e. The lowest BCUT2D eigenvalue weighted by molar-refractivity contribution is -0.331. The summed E-state index contributed by atoms with van der Waals surface area (Å²) >= 11 is 0. The molecule has 3 unspecified atom stereocenters. The number of alkyl halides is 2. The van der Waals surface area contributed by atoms with Crippen molar-refractivity contribution in [3.05, 3.63) is 48.0 Å². The molecule has 1 fully saturated rings. The van der Waals surface area contributed by atoms with E-state index in [4.69, 9.17) is 0 Å². The topological polar surface area (TPSA) is 32.8 Å². The van der Waals surface area contributed by atoms with Crippen molar-refractivity contribution in [2.75, 3.05) is 14.1 Å². The molecule has 0 aromatic heterocycles. The van der Waals surface area contributed by atoms with E-state index in [9.17, 15) is 13.7 Å². The number of benzene rings is 1. The van der Waals surface area contributed by atoms with E-state index >= 15 is 4.39 Å². The molecule has 2 rings (SSSR count). The van der Waals surface area contributed by atoms with E-state index in [-0.39, 0.29) is 17.3 Å². The number of halogens is 3. The molecule has 1 aromatic carbocycles. The molecule has 120 valence electrons. The van der Waals surface area contributed by atoms with Gasteiger partial charge < -0.3 is 4.79 Å². The predicted octanol–water partition coefficient (Wildman–Crippen LogP) is 2.68. The van der Waals surface area contributed by atoms with Gasteiger partial charge in [0.05, 0.1) is 0 Å². The van der Waals surface area contributed by atoms with Gasteiger partial charge in [0.25, 0.3) is 6.36 Å². The Morgan fingerprint density at radius 3 is 2.55 bits per heavy atom. The minimum absolute atomic E-state index is 0.0503. The van der Waals surface area contributed by atoms with E-state index < -0.39 is 17.7 Å². The van der Waals surface area contributed by atoms with Gasteiger partial charge in [-0.1, -0.05) is 36.4 Å². The van der Waals surface area contributed by atoms with E-state index in [0.717, 1.165) is 6.08 Å². The first-order valence-electron chi connectivity index (χ1n) is 6.71. The fourth-order valence-electron chi connectivity index (χ4n) is 2.65. The highest BCUT2D eigenvalue weighted by Crippen LogP contribution is 2.53. The summed E-state index contributed by atoms with van der Waals surface area (Å²) in [6, 6.07) is 7.42. The summed E-state index contributed by atoms with van der Waals surface area (Å²) in [4.78, 5) is 16.0. The number of likely N-dealkylation sites (N-methyl/N-ethyl adjacent to an activating group) is 1. The average molecular weight is 314 g/mol. The third-order valence-corrected chi connectivity index (χ3v) is 3.76. The first-order chi connectivity index (χ1) is 10.4. The SMILES string of the molecule is CN(C)C1(C=CCC=O)N(F)OC(F)C1(F)c1ccccc1. The summed E-state index contributed by atoms with van der Waals surface area (Å²) in [6.45, 7) is 0. The Kier molecular flexibility index (Phi) is 4.69. The zero-order chi connectivity index (χ0) is 16.4. The normalized spacial score (nSPS) is 32.9. The summed E-state index contributed by atoms with van der Waals surface area (Å²) in [5.74, 6) is 0. The predicted molar refractivity (Wildman–Crippen MR) is 74.4 cm³/mol. The standard InChI is InChI=1S/C15H17F3N2O2/c1-19(2)14(10-6-7-11-21)15(17,13(16)22-20(14)18)12-8-4-3-5-9-12/h3-6,8-11,13H,7H2,1-2H3. The fraction of sp³-hybridized carbons (Fsp3) is 0.400. The lowest BCUT2D eigenvalue weighted by atomic mass is 9.82. The molecule has 1 heterocycles. The van der Waals surface area contributed by atoms with Gasteiger partial charge in [-0.15, -0.1) is 4.48 Å². The van der Waals surface area contributed by atoms with Crippen molar-refractivity contribution < 1.29 is 22.9 Å². The Labute approximate surface area is 126 Å². The summed E-state index contributed by atoms with van der Waals surface area (Å²) in [7, 11) is 2.80. The molecule has 22 heavy (non-hydrogen) atoms. The van der Waals surface area contributed by atoms with E-state index in [2.05, 4.69) is 4.84 Å². The van der Waals surface area contributed by atoms with Gasteiger partial charge in [0.1, 0.15) is 6.29 Å². The van der Waals surface area contributed by atoms with Gasteiger partial charge in [-0.3, -0.25) is 4.90 Å². The molecule has 0 saturated carbocycles. The van der Waals surface area contributed by atoms with E-state index in [1.165, 1.54) is 49.3 Å². The molecule has 0 amide bonds. The molecular formula is C15H17F3N2O2. The van der Waals surface area contributed by atoms with Crippen molar-refractivity contribution in [1.82, 2.24) is 10.2 Å². The van der Waals surface area contributed by atoms with Crippen LogP contribution in [0, 0.1) is 0 Å². The van der Waals surface area contributed by atoms with Crippen LogP contribution in [0.4, 0.5) is 13.3 Å². The molecular weight excluding hydrogens is 297 g/mol. The molecule has 0 N–H and O–H groups in total.